The highest BCUT2D eigenvalue weighted by Crippen LogP contribution is 2.23. The minimum atomic E-state index is -0.861. The van der Waals surface area contributed by atoms with Crippen molar-refractivity contribution in [2.75, 3.05) is 6.54 Å². The van der Waals surface area contributed by atoms with Crippen LogP contribution in [-0.4, -0.2) is 39.5 Å². The van der Waals surface area contributed by atoms with Crippen LogP contribution in [0.1, 0.15) is 37.1 Å². The first-order valence-corrected chi connectivity index (χ1v) is 8.56. The molecule has 0 aliphatic carbocycles. The maximum atomic E-state index is 12.4. The average molecular weight is 342 g/mol. The number of amides is 1. The zero-order valence-corrected chi connectivity index (χ0v) is 14.3. The number of carboxylic acid groups (broad SMARTS) is 1. The van der Waals surface area contributed by atoms with Crippen LogP contribution in [0, 0.1) is 6.92 Å². The van der Waals surface area contributed by atoms with Gasteiger partial charge in [0.1, 0.15) is 0 Å². The second-order valence-electron chi connectivity index (χ2n) is 6.47. The molecule has 132 valence electrons. The Balaban J connectivity index is 1.57. The number of carbonyl (C=O) groups excluding carboxylic acids is 1. The summed E-state index contributed by atoms with van der Waals surface area (Å²) in [5.41, 5.74) is 2.13. The van der Waals surface area contributed by atoms with Gasteiger partial charge >= 0.3 is 5.97 Å². The van der Waals surface area contributed by atoms with Crippen LogP contribution in [0.5, 0.6) is 0 Å². The monoisotopic (exact) mass is 342 g/mol. The van der Waals surface area contributed by atoms with Gasteiger partial charge in [0.05, 0.1) is 12.6 Å². The zero-order valence-electron chi connectivity index (χ0n) is 14.3. The van der Waals surface area contributed by atoms with Crippen molar-refractivity contribution in [2.24, 2.45) is 0 Å². The number of carbonyl (C=O) groups is 2. The molecule has 0 spiro atoms. The molecular formula is C19H22N2O4. The molecule has 6 heteroatoms. The number of likely N-dealkylation sites (tertiary alicyclic amines) is 1. The molecule has 6 nitrogen and oxygen atoms in total. The molecule has 3 rings (SSSR count). The van der Waals surface area contributed by atoms with Crippen LogP contribution >= 0.6 is 0 Å². The molecule has 2 aromatic rings. The summed E-state index contributed by atoms with van der Waals surface area (Å²) >= 11 is 0. The molecule has 1 saturated heterocycles. The molecule has 0 bridgehead atoms. The smallest absolute Gasteiger partial charge is 0.305 e. The lowest BCUT2D eigenvalue weighted by atomic mass is 10.1. The van der Waals surface area contributed by atoms with E-state index in [4.69, 9.17) is 9.52 Å². The fraction of sp³-hybridized carbons (Fsp3) is 0.421. The van der Waals surface area contributed by atoms with Crippen LogP contribution in [-0.2, 0) is 16.0 Å². The molecule has 0 radical (unpaired) electrons. The van der Waals surface area contributed by atoms with Crippen molar-refractivity contribution < 1.29 is 19.1 Å². The van der Waals surface area contributed by atoms with Gasteiger partial charge in [0.25, 0.3) is 0 Å². The molecule has 1 aromatic carbocycles. The van der Waals surface area contributed by atoms with E-state index in [1.54, 1.807) is 11.1 Å². The highest BCUT2D eigenvalue weighted by Gasteiger charge is 2.30. The molecule has 0 saturated carbocycles. The molecule has 1 atom stereocenters. The van der Waals surface area contributed by atoms with E-state index in [-0.39, 0.29) is 24.8 Å². The van der Waals surface area contributed by atoms with Crippen LogP contribution in [0.15, 0.2) is 34.9 Å². The lowest BCUT2D eigenvalue weighted by Crippen LogP contribution is -2.36. The van der Waals surface area contributed by atoms with E-state index in [0.717, 1.165) is 18.4 Å². The van der Waals surface area contributed by atoms with E-state index < -0.39 is 5.97 Å². The molecule has 1 aromatic heterocycles. The Morgan fingerprint density at radius 2 is 2.08 bits per heavy atom. The average Bonchev–Trinajstić information content (AvgIpc) is 3.22. The maximum absolute atomic E-state index is 12.4. The first kappa shape index (κ1) is 17.2. The van der Waals surface area contributed by atoms with Crippen LogP contribution in [0.4, 0.5) is 0 Å². The molecule has 1 unspecified atom stereocenters. The third-order valence-corrected chi connectivity index (χ3v) is 4.55. The van der Waals surface area contributed by atoms with Crippen molar-refractivity contribution in [1.82, 2.24) is 9.88 Å². The third-order valence-electron chi connectivity index (χ3n) is 4.55. The van der Waals surface area contributed by atoms with Gasteiger partial charge in [-0.25, -0.2) is 4.98 Å². The van der Waals surface area contributed by atoms with E-state index >= 15 is 0 Å². The summed E-state index contributed by atoms with van der Waals surface area (Å²) in [7, 11) is 0. The minimum absolute atomic E-state index is 0.0162. The lowest BCUT2D eigenvalue weighted by Gasteiger charge is -2.23. The Labute approximate surface area is 146 Å². The fourth-order valence-electron chi connectivity index (χ4n) is 3.21. The van der Waals surface area contributed by atoms with Gasteiger partial charge in [0.2, 0.25) is 5.91 Å². The Morgan fingerprint density at radius 1 is 1.32 bits per heavy atom. The van der Waals surface area contributed by atoms with Crippen molar-refractivity contribution in [3.63, 3.8) is 0 Å². The van der Waals surface area contributed by atoms with E-state index in [9.17, 15) is 9.59 Å². The van der Waals surface area contributed by atoms with Crippen molar-refractivity contribution >= 4 is 11.9 Å². The molecule has 1 amide bonds. The molecule has 1 fully saturated rings. The van der Waals surface area contributed by atoms with Crippen LogP contribution < -0.4 is 0 Å². The number of aromatic nitrogens is 1. The fourth-order valence-corrected chi connectivity index (χ4v) is 3.21. The van der Waals surface area contributed by atoms with Gasteiger partial charge in [-0.15, -0.1) is 0 Å². The first-order chi connectivity index (χ1) is 12.0. The predicted molar refractivity (Wildman–Crippen MR) is 92.0 cm³/mol. The molecule has 1 N–H and O–H groups in total. The number of aliphatic carboxylic acids is 1. The van der Waals surface area contributed by atoms with Gasteiger partial charge in [0.15, 0.2) is 11.7 Å². The van der Waals surface area contributed by atoms with Crippen LogP contribution in [0.2, 0.25) is 0 Å². The Morgan fingerprint density at radius 3 is 2.80 bits per heavy atom. The molecule has 25 heavy (non-hydrogen) atoms. The normalized spacial score (nSPS) is 17.0. The molecule has 1 aliphatic heterocycles. The second kappa shape index (κ2) is 7.51. The van der Waals surface area contributed by atoms with Gasteiger partial charge in [-0.05, 0) is 19.8 Å². The maximum Gasteiger partial charge on any atom is 0.305 e. The largest absolute Gasteiger partial charge is 0.481 e. The number of benzene rings is 1. The van der Waals surface area contributed by atoms with E-state index in [1.165, 1.54) is 5.56 Å². The number of hydrogen-bond acceptors (Lipinski definition) is 4. The number of oxazole rings is 1. The summed E-state index contributed by atoms with van der Waals surface area (Å²) in [6.07, 6.45) is 4.01. The highest BCUT2D eigenvalue weighted by atomic mass is 16.4. The van der Waals surface area contributed by atoms with Crippen molar-refractivity contribution in [3.8, 4) is 11.3 Å². The van der Waals surface area contributed by atoms with Crippen LogP contribution in [0.3, 0.4) is 0 Å². The summed E-state index contributed by atoms with van der Waals surface area (Å²) in [6.45, 7) is 2.66. The predicted octanol–water partition coefficient (Wildman–Crippen LogP) is 3.05. The quantitative estimate of drug-likeness (QED) is 0.872. The van der Waals surface area contributed by atoms with Gasteiger partial charge in [-0.2, -0.15) is 0 Å². The number of carboxylic acids is 1. The highest BCUT2D eigenvalue weighted by molar-refractivity contribution is 5.78. The van der Waals surface area contributed by atoms with Crippen molar-refractivity contribution in [2.45, 2.75) is 45.1 Å². The van der Waals surface area contributed by atoms with E-state index in [0.29, 0.717) is 24.6 Å². The summed E-state index contributed by atoms with van der Waals surface area (Å²) in [5.74, 6) is 0.323. The summed E-state index contributed by atoms with van der Waals surface area (Å²) in [5, 5.41) is 8.95. The van der Waals surface area contributed by atoms with Gasteiger partial charge in [0, 0.05) is 31.0 Å². The van der Waals surface area contributed by atoms with Gasteiger partial charge < -0.3 is 14.4 Å². The Bertz CT molecular complexity index is 751. The molecular weight excluding hydrogens is 320 g/mol. The summed E-state index contributed by atoms with van der Waals surface area (Å²) in [4.78, 5) is 29.2. The van der Waals surface area contributed by atoms with Crippen molar-refractivity contribution in [3.05, 3.63) is 41.9 Å². The summed E-state index contributed by atoms with van der Waals surface area (Å²) in [6, 6.07) is 7.79. The standard InChI is InChI=1S/C19H22N2O4/c1-13-4-6-14(7-5-13)16-12-20-17(25-16)8-9-18(22)21-10-2-3-15(21)11-19(23)24/h4-7,12,15H,2-3,8-11H2,1H3,(H,23,24). The molecule has 1 aliphatic rings. The zero-order chi connectivity index (χ0) is 17.8. The molecule has 2 heterocycles. The SMILES string of the molecule is Cc1ccc(-c2cnc(CCC(=O)N3CCCC3CC(=O)O)o2)cc1. The topological polar surface area (TPSA) is 83.6 Å². The number of nitrogens with zero attached hydrogens (tertiary/aromatic N) is 2. The third kappa shape index (κ3) is 4.26. The van der Waals surface area contributed by atoms with Crippen LogP contribution in [0.25, 0.3) is 11.3 Å². The number of rotatable bonds is 6. The first-order valence-electron chi connectivity index (χ1n) is 8.56. The van der Waals surface area contributed by atoms with Gasteiger partial charge in [-0.1, -0.05) is 29.8 Å². The number of hydrogen-bond donors (Lipinski definition) is 1. The Kier molecular flexibility index (Phi) is 5.16. The van der Waals surface area contributed by atoms with E-state index in [2.05, 4.69) is 4.98 Å². The van der Waals surface area contributed by atoms with Gasteiger partial charge in [-0.3, -0.25) is 9.59 Å². The van der Waals surface area contributed by atoms with Crippen molar-refractivity contribution in [1.29, 1.82) is 0 Å². The number of aryl methyl sites for hydroxylation is 2. The lowest BCUT2D eigenvalue weighted by molar-refractivity contribution is -0.139. The minimum Gasteiger partial charge on any atom is -0.481 e. The van der Waals surface area contributed by atoms with E-state index in [1.807, 2.05) is 31.2 Å². The second-order valence-corrected chi connectivity index (χ2v) is 6.47. The Hall–Kier alpha value is -2.63. The summed E-state index contributed by atoms with van der Waals surface area (Å²) < 4.78 is 5.74.